The Balaban J connectivity index is 1.43. The van der Waals surface area contributed by atoms with Crippen molar-refractivity contribution in [2.75, 3.05) is 32.9 Å². The molecule has 0 bridgehead atoms. The molecular weight excluding hydrogens is 330 g/mol. The number of rotatable bonds is 5. The minimum Gasteiger partial charge on any atom is -0.475 e. The van der Waals surface area contributed by atoms with Gasteiger partial charge in [-0.3, -0.25) is 4.79 Å². The second-order valence-electron chi connectivity index (χ2n) is 6.64. The van der Waals surface area contributed by atoms with E-state index in [1.165, 1.54) is 11.1 Å². The summed E-state index contributed by atoms with van der Waals surface area (Å²) in [7, 11) is 0. The summed E-state index contributed by atoms with van der Waals surface area (Å²) in [5, 5.41) is 4.57. The Labute approximate surface area is 153 Å². The van der Waals surface area contributed by atoms with E-state index in [1.54, 1.807) is 4.90 Å². The smallest absolute Gasteiger partial charge is 0.248 e. The number of carbonyl (C=O) groups excluding carboxylic acids is 1. The van der Waals surface area contributed by atoms with Gasteiger partial charge in [-0.2, -0.15) is 0 Å². The van der Waals surface area contributed by atoms with Gasteiger partial charge in [0.15, 0.2) is 0 Å². The maximum Gasteiger partial charge on any atom is 0.248 e. The zero-order valence-electron chi connectivity index (χ0n) is 15.0. The minimum atomic E-state index is 0.0173. The summed E-state index contributed by atoms with van der Waals surface area (Å²) in [6.07, 6.45) is 6.59. The molecule has 0 spiro atoms. The van der Waals surface area contributed by atoms with Crippen LogP contribution in [0.4, 0.5) is 0 Å². The Kier molecular flexibility index (Phi) is 4.75. The van der Waals surface area contributed by atoms with Crippen molar-refractivity contribution in [2.45, 2.75) is 19.8 Å². The highest BCUT2D eigenvalue weighted by Crippen LogP contribution is 2.24. The molecule has 0 saturated carbocycles. The standard InChI is InChI=1S/C20H23N3O3/c1-15-12-19(26-11-9-22-8-10-25-14-20(22)24)21-23(15)18-7-6-16-4-2-3-5-17(16)13-18/h3,5-7,12-13H,2,4,8-11,14H2,1H3. The fourth-order valence-electron chi connectivity index (χ4n) is 3.37. The van der Waals surface area contributed by atoms with Gasteiger partial charge in [0.25, 0.3) is 0 Å². The Hall–Kier alpha value is -2.60. The van der Waals surface area contributed by atoms with Crippen molar-refractivity contribution < 1.29 is 14.3 Å². The Bertz CT molecular complexity index is 841. The number of hydrogen-bond donors (Lipinski definition) is 0. The van der Waals surface area contributed by atoms with E-state index >= 15 is 0 Å². The first-order valence-electron chi connectivity index (χ1n) is 9.05. The number of amides is 1. The Morgan fingerprint density at radius 2 is 2.23 bits per heavy atom. The summed E-state index contributed by atoms with van der Waals surface area (Å²) in [4.78, 5) is 13.5. The molecule has 26 heavy (non-hydrogen) atoms. The highest BCUT2D eigenvalue weighted by atomic mass is 16.5. The lowest BCUT2D eigenvalue weighted by atomic mass is 9.97. The quantitative estimate of drug-likeness (QED) is 0.828. The third-order valence-electron chi connectivity index (χ3n) is 4.81. The summed E-state index contributed by atoms with van der Waals surface area (Å²) >= 11 is 0. The van der Waals surface area contributed by atoms with Crippen LogP contribution in [0.15, 0.2) is 30.3 Å². The molecule has 0 N–H and O–H groups in total. The van der Waals surface area contributed by atoms with E-state index in [4.69, 9.17) is 9.47 Å². The van der Waals surface area contributed by atoms with Crippen LogP contribution in [-0.2, 0) is 16.0 Å². The summed E-state index contributed by atoms with van der Waals surface area (Å²) in [5.41, 5.74) is 4.69. The van der Waals surface area contributed by atoms with E-state index in [0.717, 1.165) is 24.2 Å². The third kappa shape index (κ3) is 3.51. The SMILES string of the molecule is Cc1cc(OCCN2CCOCC2=O)nn1-c1ccc2c(c1)C=CCC2. The van der Waals surface area contributed by atoms with Crippen molar-refractivity contribution >= 4 is 12.0 Å². The molecule has 2 aromatic rings. The van der Waals surface area contributed by atoms with Crippen LogP contribution in [-0.4, -0.2) is 53.5 Å². The first-order valence-corrected chi connectivity index (χ1v) is 9.05. The lowest BCUT2D eigenvalue weighted by Crippen LogP contribution is -2.43. The minimum absolute atomic E-state index is 0.0173. The largest absolute Gasteiger partial charge is 0.475 e. The van der Waals surface area contributed by atoms with Crippen LogP contribution in [0, 0.1) is 6.92 Å². The highest BCUT2D eigenvalue weighted by molar-refractivity contribution is 5.77. The zero-order valence-corrected chi connectivity index (χ0v) is 15.0. The summed E-state index contributed by atoms with van der Waals surface area (Å²) in [5.74, 6) is 0.597. The molecule has 6 heteroatoms. The van der Waals surface area contributed by atoms with E-state index in [2.05, 4.69) is 35.4 Å². The van der Waals surface area contributed by atoms with Gasteiger partial charge >= 0.3 is 0 Å². The molecule has 1 fully saturated rings. The number of allylic oxidation sites excluding steroid dienone is 1. The average Bonchev–Trinajstić information content (AvgIpc) is 3.03. The molecule has 0 unspecified atom stereocenters. The second kappa shape index (κ2) is 7.33. The van der Waals surface area contributed by atoms with E-state index in [1.807, 2.05) is 17.7 Å². The van der Waals surface area contributed by atoms with E-state index in [0.29, 0.717) is 32.2 Å². The van der Waals surface area contributed by atoms with Crippen molar-refractivity contribution in [2.24, 2.45) is 0 Å². The predicted molar refractivity (Wildman–Crippen MR) is 98.6 cm³/mol. The van der Waals surface area contributed by atoms with Gasteiger partial charge in [-0.15, -0.1) is 5.10 Å². The first-order chi connectivity index (χ1) is 12.7. The van der Waals surface area contributed by atoms with Crippen molar-refractivity contribution in [3.63, 3.8) is 0 Å². The van der Waals surface area contributed by atoms with Gasteiger partial charge in [-0.1, -0.05) is 18.2 Å². The molecule has 1 aliphatic heterocycles. The number of hydrogen-bond acceptors (Lipinski definition) is 4. The van der Waals surface area contributed by atoms with Crippen molar-refractivity contribution in [3.8, 4) is 11.6 Å². The van der Waals surface area contributed by atoms with Gasteiger partial charge in [0, 0.05) is 18.3 Å². The molecule has 0 radical (unpaired) electrons. The van der Waals surface area contributed by atoms with Crippen LogP contribution in [0.25, 0.3) is 11.8 Å². The summed E-state index contributed by atoms with van der Waals surface area (Å²) < 4.78 is 12.8. The first kappa shape index (κ1) is 16.8. The highest BCUT2D eigenvalue weighted by Gasteiger charge is 2.18. The Morgan fingerprint density at radius 1 is 1.31 bits per heavy atom. The number of carbonyl (C=O) groups is 1. The van der Waals surface area contributed by atoms with E-state index < -0.39 is 0 Å². The summed E-state index contributed by atoms with van der Waals surface area (Å²) in [6, 6.07) is 8.38. The van der Waals surface area contributed by atoms with Crippen LogP contribution >= 0.6 is 0 Å². The maximum atomic E-state index is 11.7. The van der Waals surface area contributed by atoms with Gasteiger partial charge in [0.05, 0.1) is 18.8 Å². The number of aromatic nitrogens is 2. The molecule has 6 nitrogen and oxygen atoms in total. The molecular formula is C20H23N3O3. The normalized spacial score (nSPS) is 16.7. The number of aryl methyl sites for hydroxylation is 2. The topological polar surface area (TPSA) is 56.6 Å². The van der Waals surface area contributed by atoms with Crippen LogP contribution in [0.2, 0.25) is 0 Å². The number of morpholine rings is 1. The predicted octanol–water partition coefficient (Wildman–Crippen LogP) is 2.38. The van der Waals surface area contributed by atoms with Gasteiger partial charge in [0.1, 0.15) is 13.2 Å². The zero-order chi connectivity index (χ0) is 17.9. The fourth-order valence-corrected chi connectivity index (χ4v) is 3.37. The van der Waals surface area contributed by atoms with Crippen LogP contribution in [0.5, 0.6) is 5.88 Å². The third-order valence-corrected chi connectivity index (χ3v) is 4.81. The van der Waals surface area contributed by atoms with E-state index in [-0.39, 0.29) is 12.5 Å². The van der Waals surface area contributed by atoms with Gasteiger partial charge in [-0.05, 0) is 43.0 Å². The van der Waals surface area contributed by atoms with Crippen molar-refractivity contribution in [3.05, 3.63) is 47.2 Å². The Morgan fingerprint density at radius 3 is 3.12 bits per heavy atom. The monoisotopic (exact) mass is 353 g/mol. The molecule has 1 amide bonds. The molecule has 1 aliphatic carbocycles. The molecule has 1 saturated heterocycles. The fraction of sp³-hybridized carbons (Fsp3) is 0.400. The molecule has 1 aromatic carbocycles. The number of benzene rings is 1. The summed E-state index contributed by atoms with van der Waals surface area (Å²) in [6.45, 7) is 4.37. The van der Waals surface area contributed by atoms with Gasteiger partial charge in [0.2, 0.25) is 11.8 Å². The van der Waals surface area contributed by atoms with Gasteiger partial charge in [-0.25, -0.2) is 4.68 Å². The lowest BCUT2D eigenvalue weighted by Gasteiger charge is -2.26. The number of nitrogens with zero attached hydrogens (tertiary/aromatic N) is 3. The molecule has 2 aliphatic rings. The van der Waals surface area contributed by atoms with Gasteiger partial charge < -0.3 is 14.4 Å². The molecule has 4 rings (SSSR count). The molecule has 1 aromatic heterocycles. The van der Waals surface area contributed by atoms with E-state index in [9.17, 15) is 4.79 Å². The number of ether oxygens (including phenoxy) is 2. The lowest BCUT2D eigenvalue weighted by molar-refractivity contribution is -0.143. The number of fused-ring (bicyclic) bond motifs is 1. The molecule has 136 valence electrons. The second-order valence-corrected chi connectivity index (χ2v) is 6.64. The molecule has 2 heterocycles. The van der Waals surface area contributed by atoms with Crippen LogP contribution in [0.1, 0.15) is 23.2 Å². The van der Waals surface area contributed by atoms with Crippen LogP contribution in [0.3, 0.4) is 0 Å². The average molecular weight is 353 g/mol. The van der Waals surface area contributed by atoms with Crippen molar-refractivity contribution in [1.29, 1.82) is 0 Å². The van der Waals surface area contributed by atoms with Crippen LogP contribution < -0.4 is 4.74 Å². The maximum absolute atomic E-state index is 11.7. The van der Waals surface area contributed by atoms with Crippen molar-refractivity contribution in [1.82, 2.24) is 14.7 Å². The molecule has 0 atom stereocenters.